The first-order valence-corrected chi connectivity index (χ1v) is 10.5. The fourth-order valence-electron chi connectivity index (χ4n) is 3.95. The van der Waals surface area contributed by atoms with Crippen LogP contribution in [0.25, 0.3) is 16.9 Å². The van der Waals surface area contributed by atoms with E-state index < -0.39 is 11.7 Å². The number of aryl methyl sites for hydroxylation is 1. The summed E-state index contributed by atoms with van der Waals surface area (Å²) in [4.78, 5) is 21.2. The lowest BCUT2D eigenvalue weighted by atomic mass is 10.1. The molecule has 162 valence electrons. The monoisotopic (exact) mass is 431 g/mol. The smallest absolute Gasteiger partial charge is 0.253 e. The second-order valence-electron chi connectivity index (χ2n) is 7.72. The van der Waals surface area contributed by atoms with Crippen molar-refractivity contribution < 1.29 is 9.18 Å². The van der Waals surface area contributed by atoms with E-state index in [0.717, 1.165) is 48.8 Å². The molecule has 1 amide bonds. The summed E-state index contributed by atoms with van der Waals surface area (Å²) in [6.45, 7) is 1.43. The molecule has 1 aliphatic rings. The minimum Gasteiger partial charge on any atom is -0.381 e. The zero-order valence-corrected chi connectivity index (χ0v) is 17.3. The lowest BCUT2D eigenvalue weighted by molar-refractivity contribution is 0.100. The average molecular weight is 431 g/mol. The third-order valence-corrected chi connectivity index (χ3v) is 5.53. The first kappa shape index (κ1) is 19.9. The van der Waals surface area contributed by atoms with Crippen molar-refractivity contribution in [3.8, 4) is 5.95 Å². The van der Waals surface area contributed by atoms with Gasteiger partial charge < -0.3 is 16.4 Å². The molecule has 4 aromatic rings. The molecule has 4 N–H and O–H groups in total. The van der Waals surface area contributed by atoms with Crippen molar-refractivity contribution >= 4 is 28.3 Å². The van der Waals surface area contributed by atoms with Crippen molar-refractivity contribution in [2.24, 2.45) is 5.73 Å². The molecule has 2 aromatic heterocycles. The van der Waals surface area contributed by atoms with Crippen LogP contribution in [0.15, 0.2) is 48.7 Å². The standard InChI is InChI=1S/C23H22FN7O/c24-15-10-16(21(25)32)17-13-28-31(19(17)11-15)23-29-18-8-4-5-9-26-20(18)22(30-23)27-12-14-6-2-1-3-7-14/h1-3,6-7,10-11,13,26H,4-5,8-9,12H2,(H2,25,32)(H,27,29,30). The number of carbonyl (C=O) groups is 1. The first-order chi connectivity index (χ1) is 15.6. The molecule has 2 aromatic carbocycles. The van der Waals surface area contributed by atoms with Gasteiger partial charge in [-0.3, -0.25) is 4.79 Å². The molecule has 0 bridgehead atoms. The van der Waals surface area contributed by atoms with Crippen LogP contribution in [0.4, 0.5) is 15.9 Å². The Bertz CT molecular complexity index is 1300. The van der Waals surface area contributed by atoms with Gasteiger partial charge in [-0.1, -0.05) is 30.3 Å². The number of nitrogens with one attached hydrogen (secondary N) is 2. The van der Waals surface area contributed by atoms with E-state index in [1.165, 1.54) is 16.9 Å². The molecule has 0 saturated carbocycles. The summed E-state index contributed by atoms with van der Waals surface area (Å²) in [7, 11) is 0. The summed E-state index contributed by atoms with van der Waals surface area (Å²) in [5, 5.41) is 11.6. The number of nitrogens with zero attached hydrogens (tertiary/aromatic N) is 4. The highest BCUT2D eigenvalue weighted by molar-refractivity contribution is 6.05. The van der Waals surface area contributed by atoms with E-state index in [1.54, 1.807) is 0 Å². The summed E-state index contributed by atoms with van der Waals surface area (Å²) in [5.41, 5.74) is 8.76. The predicted octanol–water partition coefficient (Wildman–Crippen LogP) is 3.41. The number of benzene rings is 2. The molecule has 0 unspecified atom stereocenters. The van der Waals surface area contributed by atoms with E-state index >= 15 is 0 Å². The molecule has 0 saturated heterocycles. The number of hydrogen-bond acceptors (Lipinski definition) is 6. The van der Waals surface area contributed by atoms with Gasteiger partial charge in [0.05, 0.1) is 28.7 Å². The summed E-state index contributed by atoms with van der Waals surface area (Å²) in [6.07, 6.45) is 4.30. The third kappa shape index (κ3) is 3.73. The third-order valence-electron chi connectivity index (χ3n) is 5.53. The number of anilines is 2. The van der Waals surface area contributed by atoms with Crippen LogP contribution in [0.5, 0.6) is 0 Å². The van der Waals surface area contributed by atoms with Gasteiger partial charge in [-0.15, -0.1) is 0 Å². The van der Waals surface area contributed by atoms with Crippen molar-refractivity contribution in [3.05, 3.63) is 71.3 Å². The maximum Gasteiger partial charge on any atom is 0.253 e. The van der Waals surface area contributed by atoms with Gasteiger partial charge in [0.2, 0.25) is 5.91 Å². The Balaban J connectivity index is 1.62. The Labute approximate surface area is 183 Å². The molecule has 0 atom stereocenters. The highest BCUT2D eigenvalue weighted by atomic mass is 19.1. The van der Waals surface area contributed by atoms with Crippen LogP contribution in [0.2, 0.25) is 0 Å². The number of aromatic nitrogens is 4. The minimum absolute atomic E-state index is 0.0742. The van der Waals surface area contributed by atoms with E-state index in [0.29, 0.717) is 29.2 Å². The molecule has 0 radical (unpaired) electrons. The Kier molecular flexibility index (Phi) is 5.14. The summed E-state index contributed by atoms with van der Waals surface area (Å²) >= 11 is 0. The van der Waals surface area contributed by atoms with Gasteiger partial charge in [-0.05, 0) is 30.9 Å². The van der Waals surface area contributed by atoms with Gasteiger partial charge in [-0.25, -0.2) is 9.37 Å². The van der Waals surface area contributed by atoms with Crippen LogP contribution in [0.1, 0.15) is 34.5 Å². The highest BCUT2D eigenvalue weighted by Crippen LogP contribution is 2.30. The van der Waals surface area contributed by atoms with Crippen molar-refractivity contribution in [1.82, 2.24) is 19.7 Å². The fraction of sp³-hybridized carbons (Fsp3) is 0.217. The van der Waals surface area contributed by atoms with Crippen LogP contribution in [0, 0.1) is 5.82 Å². The van der Waals surface area contributed by atoms with Gasteiger partial charge in [-0.2, -0.15) is 14.8 Å². The topological polar surface area (TPSA) is 111 Å². The van der Waals surface area contributed by atoms with E-state index in [4.69, 9.17) is 15.7 Å². The van der Waals surface area contributed by atoms with Crippen molar-refractivity contribution in [2.45, 2.75) is 25.8 Å². The van der Waals surface area contributed by atoms with Crippen LogP contribution in [-0.4, -0.2) is 32.2 Å². The van der Waals surface area contributed by atoms with Crippen molar-refractivity contribution in [1.29, 1.82) is 0 Å². The van der Waals surface area contributed by atoms with Crippen LogP contribution in [0.3, 0.4) is 0 Å². The molecule has 0 fully saturated rings. The maximum absolute atomic E-state index is 14.2. The van der Waals surface area contributed by atoms with Gasteiger partial charge in [0.25, 0.3) is 5.95 Å². The van der Waals surface area contributed by atoms with E-state index in [1.807, 2.05) is 30.3 Å². The SMILES string of the molecule is NC(=O)c1cc(F)cc2c1cnn2-c1nc2c(c(NCc3ccccc3)n1)NCCCC2. The number of fused-ring (bicyclic) bond motifs is 2. The Morgan fingerprint density at radius 1 is 1.19 bits per heavy atom. The highest BCUT2D eigenvalue weighted by Gasteiger charge is 2.20. The number of halogens is 1. The Morgan fingerprint density at radius 3 is 2.84 bits per heavy atom. The largest absolute Gasteiger partial charge is 0.381 e. The van der Waals surface area contributed by atoms with Crippen molar-refractivity contribution in [2.75, 3.05) is 17.2 Å². The van der Waals surface area contributed by atoms with Crippen LogP contribution in [-0.2, 0) is 13.0 Å². The van der Waals surface area contributed by atoms with Gasteiger partial charge in [0, 0.05) is 24.5 Å². The molecule has 8 nitrogen and oxygen atoms in total. The predicted molar refractivity (Wildman–Crippen MR) is 120 cm³/mol. The van der Waals surface area contributed by atoms with Crippen molar-refractivity contribution in [3.63, 3.8) is 0 Å². The molecule has 0 spiro atoms. The normalized spacial score (nSPS) is 13.3. The second kappa shape index (κ2) is 8.26. The molecular weight excluding hydrogens is 409 g/mol. The summed E-state index contributed by atoms with van der Waals surface area (Å²) in [6, 6.07) is 12.4. The Morgan fingerprint density at radius 2 is 2.03 bits per heavy atom. The molecule has 32 heavy (non-hydrogen) atoms. The van der Waals surface area contributed by atoms with Crippen LogP contribution >= 0.6 is 0 Å². The quantitative estimate of drug-likeness (QED) is 0.447. The first-order valence-electron chi connectivity index (χ1n) is 10.5. The summed E-state index contributed by atoms with van der Waals surface area (Å²) < 4.78 is 15.7. The summed E-state index contributed by atoms with van der Waals surface area (Å²) in [5.74, 6) is -0.330. The van der Waals surface area contributed by atoms with E-state index in [-0.39, 0.29) is 5.56 Å². The second-order valence-corrected chi connectivity index (χ2v) is 7.72. The van der Waals surface area contributed by atoms with Gasteiger partial charge >= 0.3 is 0 Å². The molecular formula is C23H22FN7O. The maximum atomic E-state index is 14.2. The number of primary amides is 1. The number of nitrogens with two attached hydrogens (primary N) is 1. The average Bonchev–Trinajstić information content (AvgIpc) is 3.06. The van der Waals surface area contributed by atoms with E-state index in [2.05, 4.69) is 15.7 Å². The molecule has 0 aliphatic carbocycles. The number of rotatable bonds is 5. The number of carbonyl (C=O) groups excluding carboxylic acids is 1. The number of hydrogen-bond donors (Lipinski definition) is 3. The van der Waals surface area contributed by atoms with Gasteiger partial charge in [0.1, 0.15) is 5.82 Å². The Hall–Kier alpha value is -4.01. The lowest BCUT2D eigenvalue weighted by Gasteiger charge is -2.16. The minimum atomic E-state index is -0.716. The lowest BCUT2D eigenvalue weighted by Crippen LogP contribution is -2.14. The fourth-order valence-corrected chi connectivity index (χ4v) is 3.95. The molecule has 5 rings (SSSR count). The zero-order chi connectivity index (χ0) is 22.1. The van der Waals surface area contributed by atoms with E-state index in [9.17, 15) is 9.18 Å². The van der Waals surface area contributed by atoms with Crippen LogP contribution < -0.4 is 16.4 Å². The number of amides is 1. The zero-order valence-electron chi connectivity index (χ0n) is 17.3. The molecule has 9 heteroatoms. The molecule has 3 heterocycles. The van der Waals surface area contributed by atoms with Gasteiger partial charge in [0.15, 0.2) is 5.82 Å². The molecule has 1 aliphatic heterocycles.